The van der Waals surface area contributed by atoms with E-state index < -0.39 is 24.7 Å². The van der Waals surface area contributed by atoms with Gasteiger partial charge in [-0.15, -0.1) is 0 Å². The first-order valence-corrected chi connectivity index (χ1v) is 8.92. The molecule has 148 valence electrons. The van der Waals surface area contributed by atoms with Crippen LogP contribution >= 0.6 is 0 Å². The molecule has 0 bridgehead atoms. The maximum Gasteiger partial charge on any atom is 0.389 e. The summed E-state index contributed by atoms with van der Waals surface area (Å²) in [7, 11) is 1.65. The molecule has 0 radical (unpaired) electrons. The first kappa shape index (κ1) is 22.2. The average Bonchev–Trinajstić information content (AvgIpc) is 2.58. The summed E-state index contributed by atoms with van der Waals surface area (Å²) >= 11 is 0. The van der Waals surface area contributed by atoms with Crippen LogP contribution in [-0.2, 0) is 19.0 Å². The lowest BCUT2D eigenvalue weighted by molar-refractivity contribution is -0.156. The summed E-state index contributed by atoms with van der Waals surface area (Å²) in [5.41, 5.74) is 0. The Morgan fingerprint density at radius 3 is 2.60 bits per heavy atom. The zero-order chi connectivity index (χ0) is 18.9. The number of carbonyl (C=O) groups is 1. The number of ether oxygens (including phenoxy) is 3. The third-order valence-corrected chi connectivity index (χ3v) is 4.41. The minimum atomic E-state index is -4.18. The Morgan fingerprint density at radius 1 is 1.28 bits per heavy atom. The molecule has 1 saturated heterocycles. The molecule has 0 saturated carbocycles. The van der Waals surface area contributed by atoms with E-state index in [2.05, 4.69) is 12.2 Å². The molecular formula is C17H30F3NO4. The molecule has 25 heavy (non-hydrogen) atoms. The fourth-order valence-electron chi connectivity index (χ4n) is 2.89. The third-order valence-electron chi connectivity index (χ3n) is 4.41. The molecule has 0 spiro atoms. The zero-order valence-electron chi connectivity index (χ0n) is 15.2. The summed E-state index contributed by atoms with van der Waals surface area (Å²) in [6, 6.07) is -0.557. The molecule has 1 aliphatic heterocycles. The quantitative estimate of drug-likeness (QED) is 0.526. The molecule has 1 aliphatic rings. The van der Waals surface area contributed by atoms with Gasteiger partial charge < -0.3 is 19.5 Å². The van der Waals surface area contributed by atoms with Crippen LogP contribution in [-0.4, -0.2) is 57.3 Å². The highest BCUT2D eigenvalue weighted by molar-refractivity contribution is 5.76. The van der Waals surface area contributed by atoms with Crippen molar-refractivity contribution in [3.05, 3.63) is 0 Å². The summed E-state index contributed by atoms with van der Waals surface area (Å²) < 4.78 is 53.7. The van der Waals surface area contributed by atoms with Gasteiger partial charge in [0.1, 0.15) is 12.1 Å². The standard InChI is InChI=1S/C17H30F3NO4/c1-4-5-7-13-12(2)25-16(22)14(21-3)10-23-11-15(13)24-9-6-8-17(18,19)20/h12-15,21H,4-11H2,1-3H3/t12-,13-,14-,15-/m0/s1. The molecule has 5 nitrogen and oxygen atoms in total. The third kappa shape index (κ3) is 8.37. The van der Waals surface area contributed by atoms with Gasteiger partial charge in [-0.1, -0.05) is 19.8 Å². The van der Waals surface area contributed by atoms with Gasteiger partial charge in [-0.25, -0.2) is 0 Å². The number of alkyl halides is 3. The van der Waals surface area contributed by atoms with Gasteiger partial charge in [-0.05, 0) is 26.8 Å². The molecule has 1 N–H and O–H groups in total. The van der Waals surface area contributed by atoms with Crippen LogP contribution in [0.1, 0.15) is 46.0 Å². The van der Waals surface area contributed by atoms with E-state index in [0.717, 1.165) is 19.3 Å². The fourth-order valence-corrected chi connectivity index (χ4v) is 2.89. The number of hydrogen-bond donors (Lipinski definition) is 1. The monoisotopic (exact) mass is 369 g/mol. The van der Waals surface area contributed by atoms with E-state index >= 15 is 0 Å². The number of esters is 1. The summed E-state index contributed by atoms with van der Waals surface area (Å²) in [4.78, 5) is 12.1. The smallest absolute Gasteiger partial charge is 0.389 e. The van der Waals surface area contributed by atoms with E-state index in [0.29, 0.717) is 0 Å². The van der Waals surface area contributed by atoms with Gasteiger partial charge in [0.05, 0.1) is 19.3 Å². The normalized spacial score (nSPS) is 28.8. The Kier molecular flexibility index (Phi) is 9.74. The molecule has 4 atom stereocenters. The van der Waals surface area contributed by atoms with Crippen molar-refractivity contribution in [1.29, 1.82) is 0 Å². The number of cyclic esters (lactones) is 1. The zero-order valence-corrected chi connectivity index (χ0v) is 15.2. The Morgan fingerprint density at radius 2 is 2.00 bits per heavy atom. The minimum absolute atomic E-state index is 0.00623. The van der Waals surface area contributed by atoms with Crippen molar-refractivity contribution in [2.24, 2.45) is 5.92 Å². The highest BCUT2D eigenvalue weighted by Crippen LogP contribution is 2.26. The summed E-state index contributed by atoms with van der Waals surface area (Å²) in [6.45, 7) is 4.25. The Bertz CT molecular complexity index is 393. The molecule has 0 amide bonds. The van der Waals surface area contributed by atoms with E-state index in [4.69, 9.17) is 14.2 Å². The van der Waals surface area contributed by atoms with Crippen LogP contribution in [0.3, 0.4) is 0 Å². The van der Waals surface area contributed by atoms with Crippen LogP contribution in [0.25, 0.3) is 0 Å². The summed E-state index contributed by atoms with van der Waals surface area (Å²) in [5.74, 6) is -0.486. The molecule has 0 aromatic rings. The van der Waals surface area contributed by atoms with E-state index in [1.54, 1.807) is 7.05 Å². The van der Waals surface area contributed by atoms with Crippen molar-refractivity contribution in [2.75, 3.05) is 26.9 Å². The second-order valence-electron chi connectivity index (χ2n) is 6.45. The van der Waals surface area contributed by atoms with E-state index in [1.165, 1.54) is 0 Å². The van der Waals surface area contributed by atoms with Gasteiger partial charge >= 0.3 is 12.1 Å². The van der Waals surface area contributed by atoms with E-state index in [-0.39, 0.29) is 44.2 Å². The number of nitrogens with one attached hydrogen (secondary N) is 1. The number of hydrogen-bond acceptors (Lipinski definition) is 5. The highest BCUT2D eigenvalue weighted by Gasteiger charge is 2.34. The summed E-state index contributed by atoms with van der Waals surface area (Å²) in [5, 5.41) is 2.85. The van der Waals surface area contributed by atoms with Crippen LogP contribution in [0, 0.1) is 5.92 Å². The van der Waals surface area contributed by atoms with Gasteiger partial charge in [0.2, 0.25) is 0 Å². The van der Waals surface area contributed by atoms with Crippen LogP contribution in [0.2, 0.25) is 0 Å². The van der Waals surface area contributed by atoms with Crippen molar-refractivity contribution in [3.8, 4) is 0 Å². The first-order valence-electron chi connectivity index (χ1n) is 8.92. The minimum Gasteiger partial charge on any atom is -0.461 e. The molecule has 0 aliphatic carbocycles. The van der Waals surface area contributed by atoms with Crippen molar-refractivity contribution >= 4 is 5.97 Å². The van der Waals surface area contributed by atoms with Crippen molar-refractivity contribution < 1.29 is 32.2 Å². The van der Waals surface area contributed by atoms with Crippen LogP contribution in [0.15, 0.2) is 0 Å². The number of likely N-dealkylation sites (N-methyl/N-ethyl adjacent to an activating group) is 1. The van der Waals surface area contributed by atoms with E-state index in [1.807, 2.05) is 6.92 Å². The molecule has 0 aromatic heterocycles. The predicted octanol–water partition coefficient (Wildman–Crippen LogP) is 3.07. The fraction of sp³-hybridized carbons (Fsp3) is 0.941. The van der Waals surface area contributed by atoms with Crippen molar-refractivity contribution in [2.45, 2.75) is 70.4 Å². The SMILES string of the molecule is CCCC[C@H]1[C@H](C)OC(=O)[C@@H](NC)COC[C@@H]1OCCCC(F)(F)F. The van der Waals surface area contributed by atoms with Crippen LogP contribution < -0.4 is 5.32 Å². The second-order valence-corrected chi connectivity index (χ2v) is 6.45. The average molecular weight is 369 g/mol. The second kappa shape index (κ2) is 11.0. The van der Waals surface area contributed by atoms with Gasteiger partial charge in [-0.3, -0.25) is 4.79 Å². The lowest BCUT2D eigenvalue weighted by atomic mass is 9.91. The maximum absolute atomic E-state index is 12.3. The molecule has 8 heteroatoms. The maximum atomic E-state index is 12.3. The number of halogens is 3. The van der Waals surface area contributed by atoms with Gasteiger partial charge in [0, 0.05) is 18.9 Å². The molecule has 1 heterocycles. The van der Waals surface area contributed by atoms with Gasteiger partial charge in [0.25, 0.3) is 0 Å². The molecule has 1 rings (SSSR count). The van der Waals surface area contributed by atoms with Crippen LogP contribution in [0.4, 0.5) is 13.2 Å². The summed E-state index contributed by atoms with van der Waals surface area (Å²) in [6.07, 6.45) is -3.25. The Balaban J connectivity index is 2.72. The van der Waals surface area contributed by atoms with Crippen LogP contribution in [0.5, 0.6) is 0 Å². The number of unbranched alkanes of at least 4 members (excludes halogenated alkanes) is 1. The molecular weight excluding hydrogens is 339 g/mol. The number of carbonyl (C=O) groups excluding carboxylic acids is 1. The molecule has 1 fully saturated rings. The Hall–Kier alpha value is -0.860. The van der Waals surface area contributed by atoms with E-state index in [9.17, 15) is 18.0 Å². The van der Waals surface area contributed by atoms with Gasteiger partial charge in [-0.2, -0.15) is 13.2 Å². The highest BCUT2D eigenvalue weighted by atomic mass is 19.4. The van der Waals surface area contributed by atoms with Crippen molar-refractivity contribution in [1.82, 2.24) is 5.32 Å². The molecule has 0 unspecified atom stereocenters. The molecule has 0 aromatic carbocycles. The predicted molar refractivity (Wildman–Crippen MR) is 87.3 cm³/mol. The van der Waals surface area contributed by atoms with Gasteiger partial charge in [0.15, 0.2) is 0 Å². The first-order chi connectivity index (χ1) is 11.8. The lowest BCUT2D eigenvalue weighted by Gasteiger charge is -2.30. The largest absolute Gasteiger partial charge is 0.461 e. The topological polar surface area (TPSA) is 56.8 Å². The lowest BCUT2D eigenvalue weighted by Crippen LogP contribution is -2.41. The Labute approximate surface area is 147 Å². The van der Waals surface area contributed by atoms with Crippen molar-refractivity contribution in [3.63, 3.8) is 0 Å². The number of rotatable bonds is 8.